The van der Waals surface area contributed by atoms with Crippen LogP contribution in [0.1, 0.15) is 50.3 Å². The molecule has 1 fully saturated rings. The summed E-state index contributed by atoms with van der Waals surface area (Å²) in [5.74, 6) is -0.484. The van der Waals surface area contributed by atoms with E-state index in [2.05, 4.69) is 37.6 Å². The number of amides is 2. The molecule has 0 radical (unpaired) electrons. The molecule has 2 aliphatic rings. The van der Waals surface area contributed by atoms with Crippen molar-refractivity contribution in [2.24, 2.45) is 0 Å². The molecule has 2 aliphatic heterocycles. The van der Waals surface area contributed by atoms with Crippen LogP contribution in [0.2, 0.25) is 0 Å². The summed E-state index contributed by atoms with van der Waals surface area (Å²) in [6.07, 6.45) is 1.94. The molecule has 2 amide bonds. The largest absolute Gasteiger partial charge is 0.366 e. The van der Waals surface area contributed by atoms with Crippen LogP contribution >= 0.6 is 0 Å². The minimum Gasteiger partial charge on any atom is -0.366 e. The monoisotopic (exact) mass is 445 g/mol. The van der Waals surface area contributed by atoms with Crippen molar-refractivity contribution in [3.63, 3.8) is 0 Å². The number of rotatable bonds is 4. The number of benzene rings is 2. The number of carbonyl (C=O) groups excluding carboxylic acids is 2. The highest BCUT2D eigenvalue weighted by atomic mass is 16.2. The van der Waals surface area contributed by atoms with Crippen LogP contribution in [0.5, 0.6) is 0 Å². The minimum atomic E-state index is -0.248. The lowest BCUT2D eigenvalue weighted by molar-refractivity contribution is -0.120. The topological polar surface area (TPSA) is 43.9 Å². The number of nitrogens with zero attached hydrogens (tertiary/aromatic N) is 3. The molecule has 2 aromatic rings. The first kappa shape index (κ1) is 23.2. The maximum Gasteiger partial charge on any atom is 0.282 e. The SMILES string of the molecule is Cc1ccc(C2=C(N(C)C3CCN(C)CC3)C(=O)N(c3ccc(C(C)(C)C)cc3)C2=O)cc1. The van der Waals surface area contributed by atoms with Crippen molar-refractivity contribution < 1.29 is 9.59 Å². The van der Waals surface area contributed by atoms with E-state index in [9.17, 15) is 9.59 Å². The van der Waals surface area contributed by atoms with Crippen LogP contribution in [-0.2, 0) is 15.0 Å². The van der Waals surface area contributed by atoms with E-state index < -0.39 is 0 Å². The Morgan fingerprint density at radius 1 is 0.879 bits per heavy atom. The summed E-state index contributed by atoms with van der Waals surface area (Å²) >= 11 is 0. The highest BCUT2D eigenvalue weighted by Crippen LogP contribution is 2.37. The van der Waals surface area contributed by atoms with Gasteiger partial charge in [-0.2, -0.15) is 0 Å². The molecule has 0 aliphatic carbocycles. The van der Waals surface area contributed by atoms with Crippen molar-refractivity contribution >= 4 is 23.1 Å². The second-order valence-electron chi connectivity index (χ2n) is 10.5. The van der Waals surface area contributed by atoms with Crippen molar-refractivity contribution in [2.75, 3.05) is 32.1 Å². The van der Waals surface area contributed by atoms with Crippen LogP contribution < -0.4 is 4.90 Å². The van der Waals surface area contributed by atoms with Crippen molar-refractivity contribution in [3.05, 3.63) is 70.9 Å². The zero-order chi connectivity index (χ0) is 23.9. The smallest absolute Gasteiger partial charge is 0.282 e. The number of likely N-dealkylation sites (tertiary alicyclic amines) is 1. The lowest BCUT2D eigenvalue weighted by Crippen LogP contribution is -2.43. The van der Waals surface area contributed by atoms with E-state index in [1.54, 1.807) is 0 Å². The van der Waals surface area contributed by atoms with E-state index in [4.69, 9.17) is 0 Å². The molecule has 0 atom stereocenters. The van der Waals surface area contributed by atoms with Gasteiger partial charge in [0.25, 0.3) is 11.8 Å². The Morgan fingerprint density at radius 3 is 2.00 bits per heavy atom. The number of hydrogen-bond acceptors (Lipinski definition) is 4. The molecule has 4 rings (SSSR count). The van der Waals surface area contributed by atoms with Crippen molar-refractivity contribution in [2.45, 2.75) is 52.0 Å². The number of carbonyl (C=O) groups is 2. The van der Waals surface area contributed by atoms with Gasteiger partial charge in [-0.3, -0.25) is 9.59 Å². The Bertz CT molecular complexity index is 1070. The quantitative estimate of drug-likeness (QED) is 0.645. The summed E-state index contributed by atoms with van der Waals surface area (Å²) in [5, 5.41) is 0. The lowest BCUT2D eigenvalue weighted by atomic mass is 9.87. The summed E-state index contributed by atoms with van der Waals surface area (Å²) in [5.41, 5.74) is 4.72. The molecule has 0 unspecified atom stereocenters. The highest BCUT2D eigenvalue weighted by Gasteiger charge is 2.43. The normalized spacial score (nSPS) is 18.4. The fourth-order valence-electron chi connectivity index (χ4n) is 4.74. The molecule has 2 aromatic carbocycles. The van der Waals surface area contributed by atoms with E-state index in [1.807, 2.05) is 62.5 Å². The van der Waals surface area contributed by atoms with Gasteiger partial charge in [-0.15, -0.1) is 0 Å². The standard InChI is InChI=1S/C28H35N3O2/c1-19-7-9-20(10-8-19)24-25(30(6)22-15-17-29(5)18-16-22)27(33)31(26(24)32)23-13-11-21(12-14-23)28(2,3)4/h7-14,22H,15-18H2,1-6H3. The first-order valence-corrected chi connectivity index (χ1v) is 11.8. The lowest BCUT2D eigenvalue weighted by Gasteiger charge is -2.36. The van der Waals surface area contributed by atoms with E-state index in [0.717, 1.165) is 37.1 Å². The van der Waals surface area contributed by atoms with Crippen LogP contribution in [0, 0.1) is 6.92 Å². The van der Waals surface area contributed by atoms with Gasteiger partial charge >= 0.3 is 0 Å². The average molecular weight is 446 g/mol. The average Bonchev–Trinajstić information content (AvgIpc) is 3.04. The van der Waals surface area contributed by atoms with Crippen LogP contribution in [0.4, 0.5) is 5.69 Å². The highest BCUT2D eigenvalue weighted by molar-refractivity contribution is 6.45. The van der Waals surface area contributed by atoms with Gasteiger partial charge in [-0.25, -0.2) is 4.90 Å². The number of imide groups is 1. The van der Waals surface area contributed by atoms with Gasteiger partial charge in [0.05, 0.1) is 11.3 Å². The van der Waals surface area contributed by atoms with Gasteiger partial charge in [-0.05, 0) is 68.6 Å². The molecule has 1 saturated heterocycles. The maximum atomic E-state index is 13.8. The van der Waals surface area contributed by atoms with Gasteiger partial charge in [0.15, 0.2) is 0 Å². The van der Waals surface area contributed by atoms with Crippen molar-refractivity contribution in [1.29, 1.82) is 0 Å². The first-order valence-electron chi connectivity index (χ1n) is 11.8. The molecule has 0 saturated carbocycles. The molecule has 0 spiro atoms. The molecular formula is C28H35N3O2. The maximum absolute atomic E-state index is 13.8. The summed E-state index contributed by atoms with van der Waals surface area (Å²) in [4.78, 5) is 33.3. The van der Waals surface area contributed by atoms with Crippen LogP contribution in [-0.4, -0.2) is 54.8 Å². The van der Waals surface area contributed by atoms with E-state index in [1.165, 1.54) is 10.5 Å². The van der Waals surface area contributed by atoms with E-state index in [-0.39, 0.29) is 23.3 Å². The molecule has 5 heteroatoms. The van der Waals surface area contributed by atoms with E-state index >= 15 is 0 Å². The van der Waals surface area contributed by atoms with Crippen LogP contribution in [0.15, 0.2) is 54.2 Å². The summed E-state index contributed by atoms with van der Waals surface area (Å²) in [6, 6.07) is 15.9. The number of anilines is 1. The van der Waals surface area contributed by atoms with Crippen LogP contribution in [0.3, 0.4) is 0 Å². The third-order valence-electron chi connectivity index (χ3n) is 6.98. The number of piperidine rings is 1. The molecule has 174 valence electrons. The second kappa shape index (κ2) is 8.79. The fraction of sp³-hybridized carbons (Fsp3) is 0.429. The Kier molecular flexibility index (Phi) is 6.19. The number of hydrogen-bond donors (Lipinski definition) is 0. The molecule has 2 heterocycles. The molecule has 5 nitrogen and oxygen atoms in total. The summed E-state index contributed by atoms with van der Waals surface area (Å²) in [6.45, 7) is 10.5. The zero-order valence-corrected chi connectivity index (χ0v) is 20.7. The predicted octanol–water partition coefficient (Wildman–Crippen LogP) is 4.60. The molecule has 33 heavy (non-hydrogen) atoms. The summed E-state index contributed by atoms with van der Waals surface area (Å²) in [7, 11) is 4.09. The van der Waals surface area contributed by atoms with Crippen molar-refractivity contribution in [3.8, 4) is 0 Å². The Hall–Kier alpha value is -2.92. The first-order chi connectivity index (χ1) is 15.6. The predicted molar refractivity (Wildman–Crippen MR) is 134 cm³/mol. The zero-order valence-electron chi connectivity index (χ0n) is 20.7. The fourth-order valence-corrected chi connectivity index (χ4v) is 4.74. The molecule has 0 aromatic heterocycles. The van der Waals surface area contributed by atoms with Gasteiger partial charge in [0, 0.05) is 13.1 Å². The van der Waals surface area contributed by atoms with E-state index in [0.29, 0.717) is 17.0 Å². The molecule has 0 N–H and O–H groups in total. The van der Waals surface area contributed by atoms with Gasteiger partial charge < -0.3 is 9.80 Å². The Balaban J connectivity index is 1.75. The third kappa shape index (κ3) is 4.47. The Morgan fingerprint density at radius 2 is 1.45 bits per heavy atom. The van der Waals surface area contributed by atoms with Gasteiger partial charge in [0.1, 0.15) is 5.70 Å². The van der Waals surface area contributed by atoms with Gasteiger partial charge in [0.2, 0.25) is 0 Å². The number of aryl methyl sites for hydroxylation is 1. The van der Waals surface area contributed by atoms with Crippen LogP contribution in [0.25, 0.3) is 5.57 Å². The minimum absolute atomic E-state index is 0.00237. The third-order valence-corrected chi connectivity index (χ3v) is 6.98. The second-order valence-corrected chi connectivity index (χ2v) is 10.5. The number of likely N-dealkylation sites (N-methyl/N-ethyl adjacent to an activating group) is 1. The summed E-state index contributed by atoms with van der Waals surface area (Å²) < 4.78 is 0. The van der Waals surface area contributed by atoms with Crippen molar-refractivity contribution in [1.82, 2.24) is 9.80 Å². The molecule has 0 bridgehead atoms. The van der Waals surface area contributed by atoms with Gasteiger partial charge in [-0.1, -0.05) is 62.7 Å². The Labute approximate surface area is 197 Å². The molecular weight excluding hydrogens is 410 g/mol.